The van der Waals surface area contributed by atoms with Gasteiger partial charge in [-0.05, 0) is 40.4 Å². The van der Waals surface area contributed by atoms with Gasteiger partial charge in [-0.3, -0.25) is 19.5 Å². The monoisotopic (exact) mass is 458 g/mol. The third-order valence-electron chi connectivity index (χ3n) is 5.51. The van der Waals surface area contributed by atoms with Gasteiger partial charge in [0.05, 0.1) is 5.52 Å². The van der Waals surface area contributed by atoms with Crippen molar-refractivity contribution in [1.29, 1.82) is 0 Å². The van der Waals surface area contributed by atoms with Gasteiger partial charge in [0, 0.05) is 10.9 Å². The van der Waals surface area contributed by atoms with E-state index in [9.17, 15) is 22.8 Å². The van der Waals surface area contributed by atoms with E-state index in [0.717, 1.165) is 30.3 Å². The number of nitrogens with one attached hydrogen (secondary N) is 2. The quantitative estimate of drug-likeness (QED) is 0.725. The van der Waals surface area contributed by atoms with Crippen molar-refractivity contribution in [3.63, 3.8) is 0 Å². The lowest BCUT2D eigenvalue weighted by Crippen LogP contribution is -2.63. The van der Waals surface area contributed by atoms with Gasteiger partial charge in [0.1, 0.15) is 5.52 Å². The molecule has 0 saturated heterocycles. The van der Waals surface area contributed by atoms with Crippen LogP contribution in [0, 0.1) is 5.92 Å². The molecule has 2 aromatic rings. The molecule has 1 fully saturated rings. The van der Waals surface area contributed by atoms with E-state index in [0.29, 0.717) is 16.8 Å². The zero-order chi connectivity index (χ0) is 20.1. The van der Waals surface area contributed by atoms with Crippen molar-refractivity contribution in [2.75, 3.05) is 5.32 Å². The Morgan fingerprint density at radius 3 is 2.75 bits per heavy atom. The summed E-state index contributed by atoms with van der Waals surface area (Å²) in [6.45, 7) is 0. The molecule has 2 heterocycles. The molecule has 10 heteroatoms. The van der Waals surface area contributed by atoms with E-state index in [1.165, 1.54) is 6.07 Å². The van der Waals surface area contributed by atoms with Gasteiger partial charge in [0.15, 0.2) is 0 Å². The first-order valence-corrected chi connectivity index (χ1v) is 9.90. The van der Waals surface area contributed by atoms with Crippen LogP contribution in [-0.4, -0.2) is 27.5 Å². The maximum Gasteiger partial charge on any atom is 0.440 e. The first-order chi connectivity index (χ1) is 13.2. The number of benzene rings is 1. The van der Waals surface area contributed by atoms with Crippen molar-refractivity contribution in [3.05, 3.63) is 22.7 Å². The molecular formula is C18H18BrF3N4O2. The predicted octanol–water partition coefficient (Wildman–Crippen LogP) is 4.05. The van der Waals surface area contributed by atoms with E-state index in [-0.39, 0.29) is 23.4 Å². The molecule has 1 aliphatic carbocycles. The summed E-state index contributed by atoms with van der Waals surface area (Å²) in [4.78, 5) is 29.0. The van der Waals surface area contributed by atoms with Crippen LogP contribution in [0.2, 0.25) is 0 Å². The first kappa shape index (κ1) is 19.2. The van der Waals surface area contributed by atoms with Crippen LogP contribution in [0.1, 0.15) is 38.5 Å². The van der Waals surface area contributed by atoms with Gasteiger partial charge in [-0.1, -0.05) is 31.7 Å². The molecule has 2 N–H and O–H groups in total. The van der Waals surface area contributed by atoms with Crippen molar-refractivity contribution in [1.82, 2.24) is 14.9 Å². The fourth-order valence-corrected chi connectivity index (χ4v) is 4.56. The maximum absolute atomic E-state index is 14.2. The number of fused-ring (bicyclic) bond motifs is 3. The summed E-state index contributed by atoms with van der Waals surface area (Å²) in [5.41, 5.74) is -2.85. The molecule has 1 aromatic carbocycles. The Morgan fingerprint density at radius 1 is 1.36 bits per heavy atom. The second-order valence-corrected chi connectivity index (χ2v) is 8.13. The number of hydrogen-bond donors (Lipinski definition) is 2. The minimum atomic E-state index is -5.05. The van der Waals surface area contributed by atoms with Crippen LogP contribution in [0.15, 0.2) is 22.7 Å². The Bertz CT molecular complexity index is 952. The summed E-state index contributed by atoms with van der Waals surface area (Å²) in [7, 11) is 0. The molecule has 28 heavy (non-hydrogen) atoms. The predicted molar refractivity (Wildman–Crippen MR) is 99.4 cm³/mol. The van der Waals surface area contributed by atoms with E-state index in [4.69, 9.17) is 0 Å². The fraction of sp³-hybridized carbons (Fsp3) is 0.500. The van der Waals surface area contributed by atoms with Crippen molar-refractivity contribution >= 4 is 44.7 Å². The minimum absolute atomic E-state index is 0.0541. The second-order valence-electron chi connectivity index (χ2n) is 7.28. The molecule has 0 bridgehead atoms. The van der Waals surface area contributed by atoms with Gasteiger partial charge in [-0.15, -0.1) is 0 Å². The molecule has 0 radical (unpaired) electrons. The molecule has 1 aliphatic heterocycles. The van der Waals surface area contributed by atoms with E-state index in [1.54, 1.807) is 12.1 Å². The van der Waals surface area contributed by atoms with Crippen LogP contribution in [0.4, 0.5) is 19.1 Å². The van der Waals surface area contributed by atoms with Crippen molar-refractivity contribution in [2.45, 2.75) is 50.4 Å². The number of hydrogen-bond acceptors (Lipinski definition) is 3. The smallest absolute Gasteiger partial charge is 0.317 e. The molecule has 6 nitrogen and oxygen atoms in total. The molecule has 2 aliphatic rings. The topological polar surface area (TPSA) is 76.0 Å². The van der Waals surface area contributed by atoms with Crippen molar-refractivity contribution in [2.24, 2.45) is 5.92 Å². The largest absolute Gasteiger partial charge is 0.440 e. The number of amides is 2. The van der Waals surface area contributed by atoms with Crippen molar-refractivity contribution < 1.29 is 22.8 Å². The molecule has 1 aromatic heterocycles. The fourth-order valence-electron chi connectivity index (χ4n) is 4.12. The SMILES string of the molecule is O=C(CCC1CCCC1)NC1(C(F)(F)F)C(=O)Nc2nc3c(Br)cccc3n21. The molecule has 150 valence electrons. The summed E-state index contributed by atoms with van der Waals surface area (Å²) in [6, 6.07) is 4.62. The number of carbonyl (C=O) groups excluding carboxylic acids is 2. The molecule has 2 amide bonds. The van der Waals surface area contributed by atoms with Gasteiger partial charge >= 0.3 is 6.18 Å². The molecule has 4 rings (SSSR count). The number of imidazole rings is 1. The molecular weight excluding hydrogens is 441 g/mol. The number of aromatic nitrogens is 2. The van der Waals surface area contributed by atoms with E-state index >= 15 is 0 Å². The van der Waals surface area contributed by atoms with Crippen LogP contribution in [0.3, 0.4) is 0 Å². The molecule has 0 spiro atoms. The Morgan fingerprint density at radius 2 is 2.07 bits per heavy atom. The normalized spacial score (nSPS) is 22.5. The van der Waals surface area contributed by atoms with Crippen LogP contribution in [0.25, 0.3) is 11.0 Å². The highest BCUT2D eigenvalue weighted by atomic mass is 79.9. The zero-order valence-corrected chi connectivity index (χ0v) is 16.4. The average Bonchev–Trinajstić information content (AvgIpc) is 3.30. The second kappa shape index (κ2) is 6.75. The van der Waals surface area contributed by atoms with Crippen LogP contribution in [-0.2, 0) is 15.3 Å². The lowest BCUT2D eigenvalue weighted by Gasteiger charge is -2.32. The van der Waals surface area contributed by atoms with E-state index in [1.807, 2.05) is 5.32 Å². The number of alkyl halides is 3. The zero-order valence-electron chi connectivity index (χ0n) is 14.8. The molecule has 1 saturated carbocycles. The van der Waals surface area contributed by atoms with E-state index < -0.39 is 23.7 Å². The summed E-state index contributed by atoms with van der Waals surface area (Å²) >= 11 is 3.26. The number of nitrogens with zero attached hydrogens (tertiary/aromatic N) is 2. The standard InChI is InChI=1S/C18H18BrF3N4O2/c19-11-6-3-7-12-14(11)23-16-24-15(28)17(26(12)16,18(20,21)22)25-13(27)9-8-10-4-1-2-5-10/h3,6-7,10H,1-2,4-5,8-9H2,(H,25,27)(H,23,24,28). The highest BCUT2D eigenvalue weighted by Gasteiger charge is 2.67. The van der Waals surface area contributed by atoms with Crippen LogP contribution < -0.4 is 10.6 Å². The van der Waals surface area contributed by atoms with Crippen LogP contribution >= 0.6 is 15.9 Å². The Balaban J connectivity index is 1.72. The van der Waals surface area contributed by atoms with Gasteiger partial charge in [-0.2, -0.15) is 13.2 Å². The first-order valence-electron chi connectivity index (χ1n) is 9.10. The summed E-state index contributed by atoms with van der Waals surface area (Å²) in [6.07, 6.45) is -0.445. The molecule has 1 atom stereocenters. The van der Waals surface area contributed by atoms with E-state index in [2.05, 4.69) is 26.2 Å². The Kier molecular flexibility index (Phi) is 4.64. The number of para-hydroxylation sites is 1. The summed E-state index contributed by atoms with van der Waals surface area (Å²) in [5, 5.41) is 4.16. The number of halogens is 4. The Hall–Kier alpha value is -2.10. The third kappa shape index (κ3) is 2.89. The minimum Gasteiger partial charge on any atom is -0.317 e. The number of carbonyl (C=O) groups is 2. The highest BCUT2D eigenvalue weighted by molar-refractivity contribution is 9.10. The number of anilines is 1. The number of rotatable bonds is 4. The lowest BCUT2D eigenvalue weighted by molar-refractivity contribution is -0.217. The molecule has 1 unspecified atom stereocenters. The maximum atomic E-state index is 14.2. The van der Waals surface area contributed by atoms with Gasteiger partial charge in [-0.25, -0.2) is 4.98 Å². The van der Waals surface area contributed by atoms with Crippen molar-refractivity contribution in [3.8, 4) is 0 Å². The van der Waals surface area contributed by atoms with Gasteiger partial charge < -0.3 is 5.32 Å². The summed E-state index contributed by atoms with van der Waals surface area (Å²) < 4.78 is 43.9. The lowest BCUT2D eigenvalue weighted by atomic mass is 10.0. The van der Waals surface area contributed by atoms with Gasteiger partial charge in [0.2, 0.25) is 11.9 Å². The Labute approximate surface area is 167 Å². The van der Waals surface area contributed by atoms with Crippen LogP contribution in [0.5, 0.6) is 0 Å². The third-order valence-corrected chi connectivity index (χ3v) is 6.15. The highest BCUT2D eigenvalue weighted by Crippen LogP contribution is 2.44. The van der Waals surface area contributed by atoms with Gasteiger partial charge in [0.25, 0.3) is 11.6 Å². The summed E-state index contributed by atoms with van der Waals surface area (Å²) in [5.74, 6) is -2.06. The average molecular weight is 459 g/mol.